The number of aliphatic carboxylic acids is 1. The maximum atomic E-state index is 11.8. The number of amides is 1. The highest BCUT2D eigenvalue weighted by Crippen LogP contribution is 2.26. The van der Waals surface area contributed by atoms with E-state index in [1.807, 2.05) is 0 Å². The highest BCUT2D eigenvalue weighted by Gasteiger charge is 2.44. The summed E-state index contributed by atoms with van der Waals surface area (Å²) >= 11 is 0. The number of carboxylic acid groups (broad SMARTS) is 1. The van der Waals surface area contributed by atoms with Gasteiger partial charge in [-0.2, -0.15) is 0 Å². The van der Waals surface area contributed by atoms with Crippen molar-refractivity contribution in [2.24, 2.45) is 5.73 Å². The van der Waals surface area contributed by atoms with E-state index in [1.54, 1.807) is 0 Å². The Bertz CT molecular complexity index is 294. The van der Waals surface area contributed by atoms with Crippen LogP contribution in [0.2, 0.25) is 0 Å². The average Bonchev–Trinajstić information content (AvgIpc) is 2.55. The van der Waals surface area contributed by atoms with Crippen LogP contribution in [0.4, 0.5) is 0 Å². The smallest absolute Gasteiger partial charge is 0.328 e. The number of hydrogen-bond acceptors (Lipinski definition) is 4. The predicted octanol–water partition coefficient (Wildman–Crippen LogP) is -0.864. The first kappa shape index (κ1) is 10.4. The number of hydrogen-bond donors (Lipinski definition) is 2. The molecule has 0 aromatic carbocycles. The highest BCUT2D eigenvalue weighted by atomic mass is 16.5. The number of carboxylic acids is 1. The molecule has 6 nitrogen and oxygen atoms in total. The van der Waals surface area contributed by atoms with E-state index in [2.05, 4.69) is 0 Å². The third-order valence-corrected chi connectivity index (χ3v) is 2.92. The molecule has 2 rings (SSSR count). The second-order valence-electron chi connectivity index (χ2n) is 3.92. The van der Waals surface area contributed by atoms with Crippen LogP contribution < -0.4 is 5.73 Å². The molecule has 0 aliphatic carbocycles. The Balaban J connectivity index is 2.23. The molecule has 2 aliphatic rings. The summed E-state index contributed by atoms with van der Waals surface area (Å²) in [5.74, 6) is -1.33. The van der Waals surface area contributed by atoms with Gasteiger partial charge in [0.05, 0.1) is 12.6 Å². The molecule has 0 aromatic heterocycles. The first-order chi connectivity index (χ1) is 7.11. The molecular weight excluding hydrogens is 200 g/mol. The van der Waals surface area contributed by atoms with Crippen molar-refractivity contribution in [2.75, 3.05) is 6.61 Å². The zero-order valence-corrected chi connectivity index (χ0v) is 8.26. The first-order valence-corrected chi connectivity index (χ1v) is 5.03. The van der Waals surface area contributed by atoms with Crippen molar-refractivity contribution >= 4 is 11.9 Å². The van der Waals surface area contributed by atoms with Gasteiger partial charge in [0.2, 0.25) is 5.91 Å². The molecule has 3 unspecified atom stereocenters. The van der Waals surface area contributed by atoms with E-state index in [1.165, 1.54) is 4.90 Å². The van der Waals surface area contributed by atoms with Crippen molar-refractivity contribution in [3.8, 4) is 0 Å². The fraction of sp³-hybridized carbons (Fsp3) is 0.778. The van der Waals surface area contributed by atoms with Gasteiger partial charge in [0, 0.05) is 0 Å². The molecule has 84 valence electrons. The van der Waals surface area contributed by atoms with Gasteiger partial charge in [0.1, 0.15) is 6.23 Å². The van der Waals surface area contributed by atoms with Gasteiger partial charge in [-0.3, -0.25) is 9.69 Å². The van der Waals surface area contributed by atoms with Crippen LogP contribution in [-0.4, -0.2) is 46.8 Å². The number of carbonyl (C=O) groups excluding carboxylic acids is 1. The summed E-state index contributed by atoms with van der Waals surface area (Å²) in [4.78, 5) is 24.0. The van der Waals surface area contributed by atoms with Gasteiger partial charge in [-0.1, -0.05) is 0 Å². The van der Waals surface area contributed by atoms with Crippen molar-refractivity contribution in [2.45, 2.75) is 37.6 Å². The van der Waals surface area contributed by atoms with E-state index in [-0.39, 0.29) is 12.5 Å². The minimum absolute atomic E-state index is 0.0679. The fourth-order valence-corrected chi connectivity index (χ4v) is 2.10. The van der Waals surface area contributed by atoms with Gasteiger partial charge >= 0.3 is 5.97 Å². The summed E-state index contributed by atoms with van der Waals surface area (Å²) in [7, 11) is 0. The van der Waals surface area contributed by atoms with E-state index >= 15 is 0 Å². The largest absolute Gasteiger partial charge is 0.480 e. The first-order valence-electron chi connectivity index (χ1n) is 5.03. The van der Waals surface area contributed by atoms with Gasteiger partial charge < -0.3 is 15.6 Å². The summed E-state index contributed by atoms with van der Waals surface area (Å²) in [6.07, 6.45) is 1.66. The Kier molecular flexibility index (Phi) is 2.62. The SMILES string of the molecule is NC1CCCC2OCC(C(=O)O)N2C1=O. The summed E-state index contributed by atoms with van der Waals surface area (Å²) < 4.78 is 5.30. The van der Waals surface area contributed by atoms with E-state index in [0.29, 0.717) is 12.8 Å². The summed E-state index contributed by atoms with van der Waals surface area (Å²) in [6.45, 7) is 0.0679. The van der Waals surface area contributed by atoms with E-state index < -0.39 is 24.3 Å². The highest BCUT2D eigenvalue weighted by molar-refractivity contribution is 5.87. The zero-order chi connectivity index (χ0) is 11.0. The number of rotatable bonds is 1. The normalized spacial score (nSPS) is 36.2. The van der Waals surface area contributed by atoms with Crippen molar-refractivity contribution in [1.82, 2.24) is 4.90 Å². The molecule has 0 spiro atoms. The monoisotopic (exact) mass is 214 g/mol. The summed E-state index contributed by atoms with van der Waals surface area (Å²) in [5.41, 5.74) is 5.66. The lowest BCUT2D eigenvalue weighted by atomic mass is 10.1. The standard InChI is InChI=1S/C9H14N2O4/c10-5-2-1-3-7-11(8(5)12)6(4-15-7)9(13)14/h5-7H,1-4,10H2,(H,13,14). The summed E-state index contributed by atoms with van der Waals surface area (Å²) in [5, 5.41) is 8.93. The van der Waals surface area contributed by atoms with Crippen LogP contribution in [0.15, 0.2) is 0 Å². The molecular formula is C9H14N2O4. The Hall–Kier alpha value is -1.14. The minimum Gasteiger partial charge on any atom is -0.480 e. The maximum Gasteiger partial charge on any atom is 0.328 e. The quantitative estimate of drug-likeness (QED) is 0.592. The molecule has 2 fully saturated rings. The topological polar surface area (TPSA) is 92.9 Å². The number of ether oxygens (including phenoxy) is 1. The Morgan fingerprint density at radius 3 is 2.93 bits per heavy atom. The van der Waals surface area contributed by atoms with Crippen LogP contribution in [0, 0.1) is 0 Å². The van der Waals surface area contributed by atoms with E-state index in [4.69, 9.17) is 15.6 Å². The molecule has 0 radical (unpaired) electrons. The second kappa shape index (κ2) is 3.79. The predicted molar refractivity (Wildman–Crippen MR) is 49.8 cm³/mol. The number of nitrogens with zero attached hydrogens (tertiary/aromatic N) is 1. The lowest BCUT2D eigenvalue weighted by Gasteiger charge is -2.25. The fourth-order valence-electron chi connectivity index (χ4n) is 2.10. The van der Waals surface area contributed by atoms with Crippen LogP contribution in [0.25, 0.3) is 0 Å². The molecule has 2 saturated heterocycles. The van der Waals surface area contributed by atoms with Crippen molar-refractivity contribution in [1.29, 1.82) is 0 Å². The molecule has 6 heteroatoms. The second-order valence-corrected chi connectivity index (χ2v) is 3.92. The molecule has 3 N–H and O–H groups in total. The molecule has 0 aromatic rings. The Morgan fingerprint density at radius 1 is 1.53 bits per heavy atom. The van der Waals surface area contributed by atoms with Crippen LogP contribution in [-0.2, 0) is 14.3 Å². The third-order valence-electron chi connectivity index (χ3n) is 2.92. The number of nitrogens with two attached hydrogens (primary N) is 1. The lowest BCUT2D eigenvalue weighted by molar-refractivity contribution is -0.150. The molecule has 3 atom stereocenters. The van der Waals surface area contributed by atoms with Crippen LogP contribution in [0.3, 0.4) is 0 Å². The van der Waals surface area contributed by atoms with Gasteiger partial charge in [0.25, 0.3) is 0 Å². The Labute approximate surface area is 87.0 Å². The number of fused-ring (bicyclic) bond motifs is 1. The zero-order valence-electron chi connectivity index (χ0n) is 8.26. The number of carbonyl (C=O) groups is 2. The van der Waals surface area contributed by atoms with E-state index in [9.17, 15) is 9.59 Å². The van der Waals surface area contributed by atoms with Gasteiger partial charge in [-0.25, -0.2) is 4.79 Å². The van der Waals surface area contributed by atoms with Crippen molar-refractivity contribution < 1.29 is 19.4 Å². The van der Waals surface area contributed by atoms with Crippen LogP contribution in [0.5, 0.6) is 0 Å². The average molecular weight is 214 g/mol. The molecule has 1 amide bonds. The van der Waals surface area contributed by atoms with Gasteiger partial charge in [-0.15, -0.1) is 0 Å². The van der Waals surface area contributed by atoms with Crippen molar-refractivity contribution in [3.63, 3.8) is 0 Å². The van der Waals surface area contributed by atoms with Gasteiger partial charge in [-0.05, 0) is 19.3 Å². The maximum absolute atomic E-state index is 11.8. The molecule has 15 heavy (non-hydrogen) atoms. The minimum atomic E-state index is -1.03. The lowest BCUT2D eigenvalue weighted by Crippen LogP contribution is -2.50. The Morgan fingerprint density at radius 2 is 2.27 bits per heavy atom. The van der Waals surface area contributed by atoms with Crippen LogP contribution >= 0.6 is 0 Å². The molecule has 2 aliphatic heterocycles. The van der Waals surface area contributed by atoms with E-state index in [0.717, 1.165) is 6.42 Å². The van der Waals surface area contributed by atoms with Gasteiger partial charge in [0.15, 0.2) is 6.04 Å². The third kappa shape index (κ3) is 1.70. The molecule has 2 heterocycles. The summed E-state index contributed by atoms with van der Waals surface area (Å²) in [6, 6.07) is -1.45. The van der Waals surface area contributed by atoms with Crippen molar-refractivity contribution in [3.05, 3.63) is 0 Å². The molecule has 0 saturated carbocycles. The molecule has 0 bridgehead atoms. The van der Waals surface area contributed by atoms with Crippen LogP contribution in [0.1, 0.15) is 19.3 Å².